The molecule has 1 amide bonds. The Labute approximate surface area is 107 Å². The van der Waals surface area contributed by atoms with E-state index in [1.165, 1.54) is 0 Å². The molecule has 0 unspecified atom stereocenters. The van der Waals surface area contributed by atoms with Crippen molar-refractivity contribution in [1.29, 1.82) is 0 Å². The maximum atomic E-state index is 12.0. The fourth-order valence-corrected chi connectivity index (χ4v) is 1.92. The Morgan fingerprint density at radius 2 is 2.28 bits per heavy atom. The van der Waals surface area contributed by atoms with Crippen LogP contribution in [0.5, 0.6) is 0 Å². The predicted octanol–water partition coefficient (Wildman–Crippen LogP) is 1.60. The van der Waals surface area contributed by atoms with Crippen molar-refractivity contribution in [2.45, 2.75) is 13.5 Å². The molecule has 1 N–H and O–H groups in total. The Kier molecular flexibility index (Phi) is 3.99. The number of ether oxygens (including phenoxy) is 2. The average Bonchev–Trinajstić information content (AvgIpc) is 2.34. The zero-order valence-electron chi connectivity index (χ0n) is 10.9. The second kappa shape index (κ2) is 5.50. The van der Waals surface area contributed by atoms with Crippen molar-refractivity contribution in [1.82, 2.24) is 5.32 Å². The minimum absolute atomic E-state index is 0.0407. The lowest BCUT2D eigenvalue weighted by Gasteiger charge is -2.38. The molecule has 0 atom stereocenters. The van der Waals surface area contributed by atoms with Crippen molar-refractivity contribution in [3.05, 3.63) is 35.4 Å². The van der Waals surface area contributed by atoms with Gasteiger partial charge < -0.3 is 14.8 Å². The molecular formula is C14H19NO3. The number of hydrogen-bond acceptors (Lipinski definition) is 3. The summed E-state index contributed by atoms with van der Waals surface area (Å²) in [4.78, 5) is 12.0. The highest BCUT2D eigenvalue weighted by Crippen LogP contribution is 2.25. The van der Waals surface area contributed by atoms with Crippen LogP contribution in [0.4, 0.5) is 0 Å². The third-order valence-electron chi connectivity index (χ3n) is 3.08. The maximum absolute atomic E-state index is 12.0. The van der Waals surface area contributed by atoms with Crippen LogP contribution in [-0.4, -0.2) is 32.8 Å². The first kappa shape index (κ1) is 13.1. The Balaban J connectivity index is 1.93. The van der Waals surface area contributed by atoms with E-state index in [9.17, 15) is 4.79 Å². The Hall–Kier alpha value is -1.39. The number of carbonyl (C=O) groups is 1. The molecule has 1 aromatic rings. The second-order valence-corrected chi connectivity index (χ2v) is 5.12. The van der Waals surface area contributed by atoms with Gasteiger partial charge in [-0.2, -0.15) is 0 Å². The van der Waals surface area contributed by atoms with Crippen LogP contribution in [0.1, 0.15) is 22.8 Å². The van der Waals surface area contributed by atoms with Crippen LogP contribution in [0, 0.1) is 5.41 Å². The zero-order valence-corrected chi connectivity index (χ0v) is 10.9. The van der Waals surface area contributed by atoms with Gasteiger partial charge in [0.2, 0.25) is 0 Å². The maximum Gasteiger partial charge on any atom is 0.251 e. The SMILES string of the molecule is COCc1cccc(C(=O)NCC2(C)COC2)c1. The van der Waals surface area contributed by atoms with Crippen LogP contribution >= 0.6 is 0 Å². The minimum atomic E-state index is -0.0407. The largest absolute Gasteiger partial charge is 0.380 e. The minimum Gasteiger partial charge on any atom is -0.380 e. The number of nitrogens with one attached hydrogen (secondary N) is 1. The summed E-state index contributed by atoms with van der Waals surface area (Å²) in [6, 6.07) is 7.49. The van der Waals surface area contributed by atoms with Gasteiger partial charge in [-0.3, -0.25) is 4.79 Å². The molecule has 1 aromatic carbocycles. The molecule has 1 heterocycles. The van der Waals surface area contributed by atoms with Crippen LogP contribution < -0.4 is 5.32 Å². The number of rotatable bonds is 5. The smallest absolute Gasteiger partial charge is 0.251 e. The average molecular weight is 249 g/mol. The highest BCUT2D eigenvalue weighted by molar-refractivity contribution is 5.94. The highest BCUT2D eigenvalue weighted by Gasteiger charge is 2.33. The van der Waals surface area contributed by atoms with Gasteiger partial charge in [-0.1, -0.05) is 19.1 Å². The lowest BCUT2D eigenvalue weighted by Crippen LogP contribution is -2.48. The number of amides is 1. The lowest BCUT2D eigenvalue weighted by atomic mass is 9.88. The van der Waals surface area contributed by atoms with Crippen molar-refractivity contribution in [2.75, 3.05) is 26.9 Å². The lowest BCUT2D eigenvalue weighted by molar-refractivity contribution is -0.0978. The monoisotopic (exact) mass is 249 g/mol. The number of hydrogen-bond donors (Lipinski definition) is 1. The van der Waals surface area contributed by atoms with Crippen LogP contribution in [0.15, 0.2) is 24.3 Å². The van der Waals surface area contributed by atoms with Crippen molar-refractivity contribution in [3.63, 3.8) is 0 Å². The molecule has 0 radical (unpaired) electrons. The molecule has 0 saturated carbocycles. The highest BCUT2D eigenvalue weighted by atomic mass is 16.5. The number of methoxy groups -OCH3 is 1. The molecular weight excluding hydrogens is 230 g/mol. The van der Waals surface area contributed by atoms with E-state index in [4.69, 9.17) is 9.47 Å². The predicted molar refractivity (Wildman–Crippen MR) is 68.4 cm³/mol. The second-order valence-electron chi connectivity index (χ2n) is 5.12. The van der Waals surface area contributed by atoms with E-state index < -0.39 is 0 Å². The molecule has 0 spiro atoms. The van der Waals surface area contributed by atoms with Gasteiger partial charge >= 0.3 is 0 Å². The topological polar surface area (TPSA) is 47.6 Å². The van der Waals surface area contributed by atoms with Gasteiger partial charge in [0.05, 0.1) is 19.8 Å². The van der Waals surface area contributed by atoms with Crippen LogP contribution in [0.25, 0.3) is 0 Å². The Morgan fingerprint density at radius 3 is 2.89 bits per heavy atom. The first-order chi connectivity index (χ1) is 8.63. The van der Waals surface area contributed by atoms with Gasteiger partial charge in [0.25, 0.3) is 5.91 Å². The Morgan fingerprint density at radius 1 is 1.50 bits per heavy atom. The van der Waals surface area contributed by atoms with Crippen molar-refractivity contribution in [2.24, 2.45) is 5.41 Å². The molecule has 0 bridgehead atoms. The van der Waals surface area contributed by atoms with Gasteiger partial charge in [-0.25, -0.2) is 0 Å². The number of carbonyl (C=O) groups excluding carboxylic acids is 1. The van der Waals surface area contributed by atoms with Crippen molar-refractivity contribution < 1.29 is 14.3 Å². The molecule has 1 aliphatic heterocycles. The summed E-state index contributed by atoms with van der Waals surface area (Å²) in [7, 11) is 1.64. The fourth-order valence-electron chi connectivity index (χ4n) is 1.92. The first-order valence-corrected chi connectivity index (χ1v) is 6.07. The van der Waals surface area contributed by atoms with Gasteiger partial charge in [0.15, 0.2) is 0 Å². The third-order valence-corrected chi connectivity index (χ3v) is 3.08. The van der Waals surface area contributed by atoms with E-state index in [-0.39, 0.29) is 11.3 Å². The molecule has 1 fully saturated rings. The van der Waals surface area contributed by atoms with Crippen LogP contribution in [0.3, 0.4) is 0 Å². The molecule has 4 heteroatoms. The molecule has 0 aliphatic carbocycles. The van der Waals surface area contributed by atoms with Gasteiger partial charge in [0, 0.05) is 24.6 Å². The summed E-state index contributed by atoms with van der Waals surface area (Å²) in [6.07, 6.45) is 0. The molecule has 98 valence electrons. The van der Waals surface area contributed by atoms with E-state index in [0.717, 1.165) is 18.8 Å². The van der Waals surface area contributed by atoms with Crippen molar-refractivity contribution in [3.8, 4) is 0 Å². The normalized spacial score (nSPS) is 17.0. The molecule has 1 aliphatic rings. The van der Waals surface area contributed by atoms with E-state index in [2.05, 4.69) is 12.2 Å². The Bertz CT molecular complexity index is 427. The zero-order chi connectivity index (χ0) is 13.0. The van der Waals surface area contributed by atoms with Crippen molar-refractivity contribution >= 4 is 5.91 Å². The summed E-state index contributed by atoms with van der Waals surface area (Å²) in [6.45, 7) is 4.72. The summed E-state index contributed by atoms with van der Waals surface area (Å²) >= 11 is 0. The van der Waals surface area contributed by atoms with Gasteiger partial charge in [-0.05, 0) is 17.7 Å². The molecule has 0 aromatic heterocycles. The molecule has 4 nitrogen and oxygen atoms in total. The summed E-state index contributed by atoms with van der Waals surface area (Å²) in [5, 5.41) is 2.95. The molecule has 1 saturated heterocycles. The molecule has 2 rings (SSSR count). The third kappa shape index (κ3) is 3.09. The van der Waals surface area contributed by atoms with E-state index >= 15 is 0 Å². The van der Waals surface area contributed by atoms with Gasteiger partial charge in [0.1, 0.15) is 0 Å². The van der Waals surface area contributed by atoms with Gasteiger partial charge in [-0.15, -0.1) is 0 Å². The molecule has 18 heavy (non-hydrogen) atoms. The van der Waals surface area contributed by atoms with E-state index in [1.807, 2.05) is 24.3 Å². The summed E-state index contributed by atoms with van der Waals surface area (Å²) in [5.74, 6) is -0.0407. The summed E-state index contributed by atoms with van der Waals surface area (Å²) < 4.78 is 10.2. The first-order valence-electron chi connectivity index (χ1n) is 6.07. The van der Waals surface area contributed by atoms with E-state index in [0.29, 0.717) is 18.7 Å². The number of benzene rings is 1. The standard InChI is InChI=1S/C14H19NO3/c1-14(9-18-10-14)8-15-13(16)12-5-3-4-11(6-12)7-17-2/h3-6H,7-10H2,1-2H3,(H,15,16). The van der Waals surface area contributed by atoms with E-state index in [1.54, 1.807) is 7.11 Å². The van der Waals surface area contributed by atoms with Crippen LogP contribution in [-0.2, 0) is 16.1 Å². The quantitative estimate of drug-likeness (QED) is 0.862. The summed E-state index contributed by atoms with van der Waals surface area (Å²) in [5.41, 5.74) is 1.77. The van der Waals surface area contributed by atoms with Crippen LogP contribution in [0.2, 0.25) is 0 Å². The fraction of sp³-hybridized carbons (Fsp3) is 0.500.